The Hall–Kier alpha value is -1.85. The van der Waals surface area contributed by atoms with Gasteiger partial charge in [0, 0.05) is 19.1 Å². The van der Waals surface area contributed by atoms with E-state index in [2.05, 4.69) is 5.32 Å². The zero-order valence-electron chi connectivity index (χ0n) is 11.8. The number of nitrogens with zero attached hydrogens (tertiary/aromatic N) is 1. The van der Waals surface area contributed by atoms with Crippen molar-refractivity contribution in [3.05, 3.63) is 57.6 Å². The SMILES string of the molecule is CN(C)c1ccc(Cl)cc1NC(=O)c1cc(F)c(F)cc1Cl. The van der Waals surface area contributed by atoms with Crippen LogP contribution in [-0.4, -0.2) is 20.0 Å². The fourth-order valence-corrected chi connectivity index (χ4v) is 2.29. The fourth-order valence-electron chi connectivity index (χ4n) is 1.88. The molecule has 0 aromatic heterocycles. The molecular weight excluding hydrogens is 333 g/mol. The number of halogens is 4. The summed E-state index contributed by atoms with van der Waals surface area (Å²) in [5, 5.41) is 2.85. The molecule has 0 spiro atoms. The van der Waals surface area contributed by atoms with E-state index >= 15 is 0 Å². The average molecular weight is 345 g/mol. The van der Waals surface area contributed by atoms with Gasteiger partial charge in [0.15, 0.2) is 11.6 Å². The summed E-state index contributed by atoms with van der Waals surface area (Å²) in [5.74, 6) is -2.92. The Morgan fingerprint density at radius 3 is 2.36 bits per heavy atom. The van der Waals surface area contributed by atoms with Crippen molar-refractivity contribution in [2.45, 2.75) is 0 Å². The third-order valence-electron chi connectivity index (χ3n) is 2.94. The molecule has 0 unspecified atom stereocenters. The minimum Gasteiger partial charge on any atom is -0.376 e. The average Bonchev–Trinajstić information content (AvgIpc) is 2.42. The maximum absolute atomic E-state index is 13.3. The van der Waals surface area contributed by atoms with E-state index in [4.69, 9.17) is 23.2 Å². The molecular formula is C15H12Cl2F2N2O. The predicted molar refractivity (Wildman–Crippen MR) is 85.1 cm³/mol. The van der Waals surface area contributed by atoms with Crippen LogP contribution < -0.4 is 10.2 Å². The number of rotatable bonds is 3. The molecule has 2 aromatic carbocycles. The van der Waals surface area contributed by atoms with E-state index in [-0.39, 0.29) is 10.6 Å². The molecule has 0 aliphatic carbocycles. The van der Waals surface area contributed by atoms with Crippen molar-refractivity contribution in [3.63, 3.8) is 0 Å². The number of carbonyl (C=O) groups excluding carboxylic acids is 1. The lowest BCUT2D eigenvalue weighted by molar-refractivity contribution is 0.102. The highest BCUT2D eigenvalue weighted by Crippen LogP contribution is 2.29. The second-order valence-electron chi connectivity index (χ2n) is 4.76. The Labute approximate surface area is 136 Å². The summed E-state index contributed by atoms with van der Waals surface area (Å²) in [6, 6.07) is 6.48. The van der Waals surface area contributed by atoms with Crippen molar-refractivity contribution in [1.82, 2.24) is 0 Å². The zero-order chi connectivity index (χ0) is 16.4. The largest absolute Gasteiger partial charge is 0.376 e. The van der Waals surface area contributed by atoms with Crippen LogP contribution in [-0.2, 0) is 0 Å². The van der Waals surface area contributed by atoms with Crippen molar-refractivity contribution >= 4 is 40.5 Å². The van der Waals surface area contributed by atoms with E-state index in [1.807, 2.05) is 0 Å². The van der Waals surface area contributed by atoms with Crippen LogP contribution in [0.5, 0.6) is 0 Å². The normalized spacial score (nSPS) is 10.5. The van der Waals surface area contributed by atoms with Gasteiger partial charge in [0.25, 0.3) is 5.91 Å². The molecule has 2 rings (SSSR count). The van der Waals surface area contributed by atoms with Gasteiger partial charge in [-0.15, -0.1) is 0 Å². The van der Waals surface area contributed by atoms with Crippen LogP contribution in [0.15, 0.2) is 30.3 Å². The van der Waals surface area contributed by atoms with Crippen molar-refractivity contribution < 1.29 is 13.6 Å². The first-order valence-electron chi connectivity index (χ1n) is 6.22. The molecule has 116 valence electrons. The lowest BCUT2D eigenvalue weighted by Crippen LogP contribution is -2.17. The molecule has 0 bridgehead atoms. The Morgan fingerprint density at radius 2 is 1.73 bits per heavy atom. The van der Waals surface area contributed by atoms with Crippen molar-refractivity contribution in [3.8, 4) is 0 Å². The summed E-state index contributed by atoms with van der Waals surface area (Å²) < 4.78 is 26.3. The maximum Gasteiger partial charge on any atom is 0.257 e. The number of benzene rings is 2. The van der Waals surface area contributed by atoms with Crippen LogP contribution in [0.4, 0.5) is 20.2 Å². The van der Waals surface area contributed by atoms with Crippen LogP contribution >= 0.6 is 23.2 Å². The van der Waals surface area contributed by atoms with E-state index in [1.54, 1.807) is 37.2 Å². The molecule has 0 saturated heterocycles. The van der Waals surface area contributed by atoms with Gasteiger partial charge in [0.1, 0.15) is 0 Å². The second-order valence-corrected chi connectivity index (χ2v) is 5.60. The molecule has 0 aliphatic heterocycles. The van der Waals surface area contributed by atoms with Gasteiger partial charge in [-0.05, 0) is 30.3 Å². The standard InChI is InChI=1S/C15H12Cl2F2N2O/c1-21(2)14-4-3-8(16)5-13(14)20-15(22)9-6-11(18)12(19)7-10(9)17/h3-7H,1-2H3,(H,20,22). The lowest BCUT2D eigenvalue weighted by atomic mass is 10.2. The fraction of sp³-hybridized carbons (Fsp3) is 0.133. The van der Waals surface area contributed by atoms with E-state index in [0.717, 1.165) is 12.1 Å². The molecule has 0 fully saturated rings. The minimum absolute atomic E-state index is 0.162. The molecule has 0 saturated carbocycles. The van der Waals surface area contributed by atoms with Gasteiger partial charge in [-0.25, -0.2) is 8.78 Å². The third kappa shape index (κ3) is 3.48. The number of carbonyl (C=O) groups is 1. The molecule has 22 heavy (non-hydrogen) atoms. The highest BCUT2D eigenvalue weighted by atomic mass is 35.5. The Morgan fingerprint density at radius 1 is 1.09 bits per heavy atom. The summed E-state index contributed by atoms with van der Waals surface area (Å²) in [6.07, 6.45) is 0. The quantitative estimate of drug-likeness (QED) is 0.826. The summed E-state index contributed by atoms with van der Waals surface area (Å²) in [4.78, 5) is 14.0. The first-order chi connectivity index (χ1) is 10.3. The van der Waals surface area contributed by atoms with E-state index in [9.17, 15) is 13.6 Å². The molecule has 2 aromatic rings. The van der Waals surface area contributed by atoms with Gasteiger partial charge in [-0.2, -0.15) is 0 Å². The number of anilines is 2. The van der Waals surface area contributed by atoms with Crippen molar-refractivity contribution in [1.29, 1.82) is 0 Å². The Bertz CT molecular complexity index is 736. The summed E-state index contributed by atoms with van der Waals surface area (Å²) in [6.45, 7) is 0. The molecule has 0 atom stereocenters. The van der Waals surface area contributed by atoms with E-state index < -0.39 is 17.5 Å². The molecule has 1 amide bonds. The number of amides is 1. The van der Waals surface area contributed by atoms with Crippen LogP contribution in [0.2, 0.25) is 10.0 Å². The summed E-state index contributed by atoms with van der Waals surface area (Å²) in [7, 11) is 3.59. The summed E-state index contributed by atoms with van der Waals surface area (Å²) in [5.41, 5.74) is 0.977. The van der Waals surface area contributed by atoms with Crippen LogP contribution in [0.1, 0.15) is 10.4 Å². The summed E-state index contributed by atoms with van der Waals surface area (Å²) >= 11 is 11.7. The third-order valence-corrected chi connectivity index (χ3v) is 3.49. The lowest BCUT2D eigenvalue weighted by Gasteiger charge is -2.18. The topological polar surface area (TPSA) is 32.3 Å². The Kier molecular flexibility index (Phi) is 4.88. The monoisotopic (exact) mass is 344 g/mol. The van der Waals surface area contributed by atoms with Gasteiger partial charge in [-0.3, -0.25) is 4.79 Å². The Balaban J connectivity index is 2.37. The minimum atomic E-state index is -1.14. The first-order valence-corrected chi connectivity index (χ1v) is 6.98. The second kappa shape index (κ2) is 6.50. The highest BCUT2D eigenvalue weighted by molar-refractivity contribution is 6.34. The molecule has 0 aliphatic rings. The van der Waals surface area contributed by atoms with Crippen molar-refractivity contribution in [2.75, 3.05) is 24.3 Å². The van der Waals surface area contributed by atoms with Crippen LogP contribution in [0.25, 0.3) is 0 Å². The number of hydrogen-bond acceptors (Lipinski definition) is 2. The number of hydrogen-bond donors (Lipinski definition) is 1. The molecule has 3 nitrogen and oxygen atoms in total. The van der Waals surface area contributed by atoms with E-state index in [0.29, 0.717) is 16.4 Å². The van der Waals surface area contributed by atoms with Gasteiger partial charge in [0.05, 0.1) is 22.0 Å². The molecule has 1 N–H and O–H groups in total. The highest BCUT2D eigenvalue weighted by Gasteiger charge is 2.17. The first kappa shape index (κ1) is 16.5. The number of nitrogens with one attached hydrogen (secondary N) is 1. The van der Waals surface area contributed by atoms with Gasteiger partial charge in [0.2, 0.25) is 0 Å². The van der Waals surface area contributed by atoms with Crippen LogP contribution in [0, 0.1) is 11.6 Å². The van der Waals surface area contributed by atoms with Crippen molar-refractivity contribution in [2.24, 2.45) is 0 Å². The van der Waals surface area contributed by atoms with Gasteiger partial charge < -0.3 is 10.2 Å². The van der Waals surface area contributed by atoms with Gasteiger partial charge in [-0.1, -0.05) is 23.2 Å². The maximum atomic E-state index is 13.3. The van der Waals surface area contributed by atoms with E-state index in [1.165, 1.54) is 0 Å². The molecule has 7 heteroatoms. The predicted octanol–water partition coefficient (Wildman–Crippen LogP) is 4.59. The molecule has 0 radical (unpaired) electrons. The zero-order valence-corrected chi connectivity index (χ0v) is 13.3. The smallest absolute Gasteiger partial charge is 0.257 e. The van der Waals surface area contributed by atoms with Crippen LogP contribution in [0.3, 0.4) is 0 Å². The molecule has 0 heterocycles. The van der Waals surface area contributed by atoms with Gasteiger partial charge >= 0.3 is 0 Å².